The smallest absolute Gasteiger partial charge is 0.318 e. The normalized spacial score (nSPS) is 21.7. The van der Waals surface area contributed by atoms with Gasteiger partial charge in [0.05, 0.1) is 0 Å². The van der Waals surface area contributed by atoms with Gasteiger partial charge >= 0.3 is 6.03 Å². The van der Waals surface area contributed by atoms with Gasteiger partial charge in [-0.2, -0.15) is 0 Å². The molecular weight excluding hydrogens is 290 g/mol. The topological polar surface area (TPSA) is 52.7 Å². The van der Waals surface area contributed by atoms with Crippen LogP contribution in [0.4, 0.5) is 4.79 Å². The zero-order chi connectivity index (χ0) is 16.4. The minimum absolute atomic E-state index is 0.0299. The Labute approximate surface area is 137 Å². The molecule has 0 radical (unpaired) electrons. The van der Waals surface area contributed by atoms with Crippen LogP contribution in [0, 0.1) is 0 Å². The summed E-state index contributed by atoms with van der Waals surface area (Å²) in [6.07, 6.45) is 3.28. The summed E-state index contributed by atoms with van der Waals surface area (Å²) in [6, 6.07) is 7.71. The molecule has 1 aromatic rings. The molecule has 23 heavy (non-hydrogen) atoms. The summed E-state index contributed by atoms with van der Waals surface area (Å²) in [6.45, 7) is 5.90. The van der Waals surface area contributed by atoms with Crippen LogP contribution in [0.1, 0.15) is 44.2 Å². The first kappa shape index (κ1) is 15.8. The number of nitrogens with one attached hydrogen (secondary N) is 1. The van der Waals surface area contributed by atoms with Crippen molar-refractivity contribution in [1.29, 1.82) is 0 Å². The first-order valence-electron chi connectivity index (χ1n) is 8.49. The van der Waals surface area contributed by atoms with Crippen LogP contribution in [0.25, 0.3) is 0 Å². The Morgan fingerprint density at radius 2 is 1.83 bits per heavy atom. The Morgan fingerprint density at radius 3 is 2.43 bits per heavy atom. The minimum Gasteiger partial charge on any atom is -0.338 e. The molecule has 124 valence electrons. The van der Waals surface area contributed by atoms with Gasteiger partial charge in [-0.05, 0) is 44.2 Å². The number of hydrogen-bond acceptors (Lipinski definition) is 2. The highest BCUT2D eigenvalue weighted by Gasteiger charge is 2.30. The predicted molar refractivity (Wildman–Crippen MR) is 88.7 cm³/mol. The lowest BCUT2D eigenvalue weighted by atomic mass is 10.0. The third-order valence-electron chi connectivity index (χ3n) is 4.92. The molecule has 2 aliphatic heterocycles. The average molecular weight is 315 g/mol. The number of piperidine rings is 1. The monoisotopic (exact) mass is 315 g/mol. The maximum atomic E-state index is 12.6. The van der Waals surface area contributed by atoms with E-state index in [1.165, 1.54) is 17.5 Å². The fourth-order valence-corrected chi connectivity index (χ4v) is 3.49. The van der Waals surface area contributed by atoms with Crippen LogP contribution in [0.5, 0.6) is 0 Å². The van der Waals surface area contributed by atoms with Gasteiger partial charge in [-0.15, -0.1) is 0 Å². The van der Waals surface area contributed by atoms with Crippen molar-refractivity contribution in [3.05, 3.63) is 35.4 Å². The van der Waals surface area contributed by atoms with Crippen molar-refractivity contribution >= 4 is 11.9 Å². The molecule has 1 saturated heterocycles. The molecule has 0 saturated carbocycles. The number of hydrogen-bond donors (Lipinski definition) is 1. The van der Waals surface area contributed by atoms with E-state index in [1.54, 1.807) is 11.8 Å². The van der Waals surface area contributed by atoms with E-state index in [9.17, 15) is 9.59 Å². The van der Waals surface area contributed by atoms with Crippen LogP contribution in [-0.4, -0.2) is 40.4 Å². The molecule has 2 aliphatic rings. The molecule has 0 aliphatic carbocycles. The fraction of sp³-hybridized carbons (Fsp3) is 0.556. The number of urea groups is 1. The third-order valence-corrected chi connectivity index (χ3v) is 4.92. The summed E-state index contributed by atoms with van der Waals surface area (Å²) in [5.41, 5.74) is 2.37. The van der Waals surface area contributed by atoms with E-state index < -0.39 is 6.04 Å². The maximum absolute atomic E-state index is 12.6. The zero-order valence-corrected chi connectivity index (χ0v) is 13.9. The van der Waals surface area contributed by atoms with Gasteiger partial charge in [-0.1, -0.05) is 24.3 Å². The van der Waals surface area contributed by atoms with Crippen molar-refractivity contribution in [2.24, 2.45) is 0 Å². The molecule has 5 heteroatoms. The van der Waals surface area contributed by atoms with Crippen LogP contribution in [-0.2, 0) is 17.9 Å². The number of benzene rings is 1. The first-order chi connectivity index (χ1) is 11.1. The molecule has 3 amide bonds. The quantitative estimate of drug-likeness (QED) is 0.911. The Morgan fingerprint density at radius 1 is 1.17 bits per heavy atom. The molecule has 2 heterocycles. The largest absolute Gasteiger partial charge is 0.338 e. The van der Waals surface area contributed by atoms with Gasteiger partial charge < -0.3 is 15.1 Å². The SMILES string of the molecule is C[C@@H]1CCCCN1C(=O)[C@@H](C)NC(=O)N1Cc2ccccc2C1. The van der Waals surface area contributed by atoms with Crippen molar-refractivity contribution in [3.63, 3.8) is 0 Å². The van der Waals surface area contributed by atoms with Crippen LogP contribution in [0.15, 0.2) is 24.3 Å². The zero-order valence-electron chi connectivity index (χ0n) is 13.9. The number of amides is 3. The van der Waals surface area contributed by atoms with Gasteiger partial charge in [0.1, 0.15) is 6.04 Å². The summed E-state index contributed by atoms with van der Waals surface area (Å²) in [7, 11) is 0. The second-order valence-corrected chi connectivity index (χ2v) is 6.67. The summed E-state index contributed by atoms with van der Waals surface area (Å²) in [4.78, 5) is 28.7. The number of carbonyl (C=O) groups is 2. The lowest BCUT2D eigenvalue weighted by molar-refractivity contribution is -0.136. The summed E-state index contributed by atoms with van der Waals surface area (Å²) >= 11 is 0. The van der Waals surface area contributed by atoms with Crippen molar-refractivity contribution < 1.29 is 9.59 Å². The van der Waals surface area contributed by atoms with Crippen LogP contribution < -0.4 is 5.32 Å². The van der Waals surface area contributed by atoms with Gasteiger partial charge in [-0.25, -0.2) is 4.79 Å². The molecule has 0 unspecified atom stereocenters. The number of likely N-dealkylation sites (tertiary alicyclic amines) is 1. The van der Waals surface area contributed by atoms with E-state index in [-0.39, 0.29) is 18.0 Å². The number of rotatable bonds is 2. The molecule has 3 rings (SSSR count). The second kappa shape index (κ2) is 6.60. The van der Waals surface area contributed by atoms with E-state index in [0.29, 0.717) is 13.1 Å². The second-order valence-electron chi connectivity index (χ2n) is 6.67. The minimum atomic E-state index is -0.480. The van der Waals surface area contributed by atoms with Crippen molar-refractivity contribution in [3.8, 4) is 0 Å². The molecule has 1 fully saturated rings. The molecule has 1 aromatic carbocycles. The molecule has 2 atom stereocenters. The van der Waals surface area contributed by atoms with Gasteiger partial charge in [0.15, 0.2) is 0 Å². The van der Waals surface area contributed by atoms with Gasteiger partial charge in [0.2, 0.25) is 5.91 Å². The lowest BCUT2D eigenvalue weighted by Crippen LogP contribution is -2.53. The molecule has 1 N–H and O–H groups in total. The summed E-state index contributed by atoms with van der Waals surface area (Å²) < 4.78 is 0. The standard InChI is InChI=1S/C18H25N3O2/c1-13-7-5-6-10-21(13)17(22)14(2)19-18(23)20-11-15-8-3-4-9-16(15)12-20/h3-4,8-9,13-14H,5-7,10-12H2,1-2H3,(H,19,23)/t13-,14-/m1/s1. The molecule has 0 aromatic heterocycles. The fourth-order valence-electron chi connectivity index (χ4n) is 3.49. The number of nitrogens with zero attached hydrogens (tertiary/aromatic N) is 2. The molecule has 5 nitrogen and oxygen atoms in total. The average Bonchev–Trinajstić information content (AvgIpc) is 2.99. The van der Waals surface area contributed by atoms with Gasteiger partial charge in [0.25, 0.3) is 0 Å². The van der Waals surface area contributed by atoms with E-state index in [0.717, 1.165) is 19.4 Å². The van der Waals surface area contributed by atoms with Crippen LogP contribution >= 0.6 is 0 Å². The highest BCUT2D eigenvalue weighted by atomic mass is 16.2. The highest BCUT2D eigenvalue weighted by Crippen LogP contribution is 2.22. The van der Waals surface area contributed by atoms with Crippen LogP contribution in [0.3, 0.4) is 0 Å². The van der Waals surface area contributed by atoms with Gasteiger partial charge in [0, 0.05) is 25.7 Å². The van der Waals surface area contributed by atoms with E-state index in [2.05, 4.69) is 12.2 Å². The van der Waals surface area contributed by atoms with E-state index in [1.807, 2.05) is 29.2 Å². The number of fused-ring (bicyclic) bond motifs is 1. The highest BCUT2D eigenvalue weighted by molar-refractivity contribution is 5.87. The first-order valence-corrected chi connectivity index (χ1v) is 8.49. The van der Waals surface area contributed by atoms with Crippen molar-refractivity contribution in [1.82, 2.24) is 15.1 Å². The van der Waals surface area contributed by atoms with E-state index in [4.69, 9.17) is 0 Å². The lowest BCUT2D eigenvalue weighted by Gasteiger charge is -2.35. The third kappa shape index (κ3) is 3.33. The predicted octanol–water partition coefficient (Wildman–Crippen LogP) is 2.50. The maximum Gasteiger partial charge on any atom is 0.318 e. The molecule has 0 bridgehead atoms. The Hall–Kier alpha value is -2.04. The summed E-state index contributed by atoms with van der Waals surface area (Å²) in [5.74, 6) is 0.0299. The Bertz CT molecular complexity index is 577. The number of carbonyl (C=O) groups excluding carboxylic acids is 2. The molecular formula is C18H25N3O2. The van der Waals surface area contributed by atoms with Crippen LogP contribution in [0.2, 0.25) is 0 Å². The molecule has 0 spiro atoms. The Kier molecular flexibility index (Phi) is 4.55. The van der Waals surface area contributed by atoms with Crippen molar-refractivity contribution in [2.75, 3.05) is 6.54 Å². The van der Waals surface area contributed by atoms with Crippen molar-refractivity contribution in [2.45, 2.75) is 58.3 Å². The van der Waals surface area contributed by atoms with Gasteiger partial charge in [-0.3, -0.25) is 4.79 Å². The summed E-state index contributed by atoms with van der Waals surface area (Å²) in [5, 5.41) is 2.87. The van der Waals surface area contributed by atoms with E-state index >= 15 is 0 Å². The Balaban J connectivity index is 1.57.